The third kappa shape index (κ3) is 5.34. The van der Waals surface area contributed by atoms with E-state index in [1.54, 1.807) is 11.2 Å². The SMILES string of the molecule is CC(C)N1CCOc2ccccc2CCCCC2(CN(C(=O)Cn3cnc4ccccc43)CCO2)C1=O. The van der Waals surface area contributed by atoms with Crippen LogP contribution in [0.5, 0.6) is 5.75 Å². The van der Waals surface area contributed by atoms with Crippen molar-refractivity contribution in [3.63, 3.8) is 0 Å². The average Bonchev–Trinajstić information content (AvgIpc) is 3.31. The Balaban J connectivity index is 1.36. The molecule has 1 spiro atoms. The van der Waals surface area contributed by atoms with Crippen molar-refractivity contribution in [2.75, 3.05) is 32.8 Å². The second-order valence-corrected chi connectivity index (χ2v) is 10.3. The van der Waals surface area contributed by atoms with Gasteiger partial charge in [-0.25, -0.2) is 4.98 Å². The van der Waals surface area contributed by atoms with Gasteiger partial charge < -0.3 is 23.8 Å². The molecule has 1 aromatic heterocycles. The van der Waals surface area contributed by atoms with Crippen LogP contribution in [0.15, 0.2) is 54.9 Å². The number of imidazole rings is 1. The Hall–Kier alpha value is -3.39. The van der Waals surface area contributed by atoms with Gasteiger partial charge in [0.1, 0.15) is 18.9 Å². The topological polar surface area (TPSA) is 76.9 Å². The summed E-state index contributed by atoms with van der Waals surface area (Å²) in [6.07, 6.45) is 4.90. The number of para-hydroxylation sites is 3. The highest BCUT2D eigenvalue weighted by Gasteiger charge is 2.47. The van der Waals surface area contributed by atoms with E-state index in [9.17, 15) is 9.59 Å². The van der Waals surface area contributed by atoms with E-state index in [4.69, 9.17) is 9.47 Å². The molecule has 2 aliphatic rings. The van der Waals surface area contributed by atoms with E-state index in [-0.39, 0.29) is 30.9 Å². The van der Waals surface area contributed by atoms with Gasteiger partial charge in [0.25, 0.3) is 5.91 Å². The molecule has 1 atom stereocenters. The van der Waals surface area contributed by atoms with Crippen LogP contribution in [0, 0.1) is 0 Å². The smallest absolute Gasteiger partial charge is 0.257 e. The van der Waals surface area contributed by atoms with E-state index in [1.807, 2.05) is 65.8 Å². The number of aryl methyl sites for hydroxylation is 1. The predicted octanol–water partition coefficient (Wildman–Crippen LogP) is 3.68. The van der Waals surface area contributed by atoms with E-state index in [0.717, 1.165) is 36.0 Å². The molecule has 5 rings (SSSR count). The quantitative estimate of drug-likeness (QED) is 0.544. The Morgan fingerprint density at radius 1 is 1.05 bits per heavy atom. The Morgan fingerprint density at radius 2 is 1.86 bits per heavy atom. The van der Waals surface area contributed by atoms with Crippen LogP contribution in [-0.4, -0.2) is 75.7 Å². The number of ether oxygens (including phenoxy) is 2. The first-order valence-corrected chi connectivity index (χ1v) is 13.3. The highest BCUT2D eigenvalue weighted by Crippen LogP contribution is 2.30. The molecule has 2 aliphatic heterocycles. The van der Waals surface area contributed by atoms with Crippen molar-refractivity contribution in [3.05, 3.63) is 60.4 Å². The lowest BCUT2D eigenvalue weighted by Gasteiger charge is -2.45. The molecule has 1 unspecified atom stereocenters. The molecule has 196 valence electrons. The maximum Gasteiger partial charge on any atom is 0.257 e. The summed E-state index contributed by atoms with van der Waals surface area (Å²) in [4.78, 5) is 35.6. The third-order valence-corrected chi connectivity index (χ3v) is 7.48. The molecule has 0 saturated carbocycles. The predicted molar refractivity (Wildman–Crippen MR) is 141 cm³/mol. The zero-order valence-electron chi connectivity index (χ0n) is 21.8. The Bertz CT molecular complexity index is 1260. The van der Waals surface area contributed by atoms with Gasteiger partial charge in [0, 0.05) is 12.6 Å². The van der Waals surface area contributed by atoms with Gasteiger partial charge in [0.05, 0.1) is 37.1 Å². The van der Waals surface area contributed by atoms with Crippen molar-refractivity contribution in [2.45, 2.75) is 57.7 Å². The van der Waals surface area contributed by atoms with Gasteiger partial charge >= 0.3 is 0 Å². The minimum absolute atomic E-state index is 0.0156. The normalized spacial score (nSPS) is 21.4. The van der Waals surface area contributed by atoms with Gasteiger partial charge in [-0.2, -0.15) is 0 Å². The van der Waals surface area contributed by atoms with E-state index in [1.165, 1.54) is 5.56 Å². The van der Waals surface area contributed by atoms with Gasteiger partial charge in [0.15, 0.2) is 5.60 Å². The Morgan fingerprint density at radius 3 is 2.73 bits per heavy atom. The van der Waals surface area contributed by atoms with E-state index in [2.05, 4.69) is 11.1 Å². The third-order valence-electron chi connectivity index (χ3n) is 7.48. The summed E-state index contributed by atoms with van der Waals surface area (Å²) in [6.45, 7) is 6.16. The molecule has 0 aliphatic carbocycles. The van der Waals surface area contributed by atoms with Crippen LogP contribution in [-0.2, 0) is 27.3 Å². The lowest BCUT2D eigenvalue weighted by Crippen LogP contribution is -2.63. The lowest BCUT2D eigenvalue weighted by molar-refractivity contribution is -0.178. The first-order chi connectivity index (χ1) is 18.0. The van der Waals surface area contributed by atoms with Gasteiger partial charge in [-0.15, -0.1) is 0 Å². The molecule has 0 N–H and O–H groups in total. The molecule has 37 heavy (non-hydrogen) atoms. The van der Waals surface area contributed by atoms with Crippen molar-refractivity contribution in [1.82, 2.24) is 19.4 Å². The zero-order chi connectivity index (χ0) is 25.8. The van der Waals surface area contributed by atoms with Crippen LogP contribution >= 0.6 is 0 Å². The minimum Gasteiger partial charge on any atom is -0.491 e. The monoisotopic (exact) mass is 504 g/mol. The minimum atomic E-state index is -1.05. The second-order valence-electron chi connectivity index (χ2n) is 10.3. The molecule has 1 fully saturated rings. The molecule has 0 radical (unpaired) electrons. The number of rotatable bonds is 3. The molecule has 8 nitrogen and oxygen atoms in total. The summed E-state index contributed by atoms with van der Waals surface area (Å²) in [5, 5.41) is 0. The van der Waals surface area contributed by atoms with Gasteiger partial charge in [0.2, 0.25) is 5.91 Å². The van der Waals surface area contributed by atoms with Crippen LogP contribution in [0.3, 0.4) is 0 Å². The molecule has 8 heteroatoms. The highest BCUT2D eigenvalue weighted by molar-refractivity contribution is 5.87. The summed E-state index contributed by atoms with van der Waals surface area (Å²) >= 11 is 0. The van der Waals surface area contributed by atoms with Crippen molar-refractivity contribution in [3.8, 4) is 5.75 Å². The zero-order valence-corrected chi connectivity index (χ0v) is 21.8. The largest absolute Gasteiger partial charge is 0.491 e. The molecule has 0 bridgehead atoms. The number of fused-ring (bicyclic) bond motifs is 2. The standard InChI is InChI=1S/C29H36N4O4/c1-22(2)33-16-17-36-26-13-6-3-9-23(26)10-7-8-14-29(28(33)35)20-31(15-18-37-29)27(34)19-32-21-30-24-11-4-5-12-25(24)32/h3-6,9,11-13,21-22H,7-8,10,14-20H2,1-2H3. The number of carbonyl (C=O) groups is 2. The number of nitrogens with zero attached hydrogens (tertiary/aromatic N) is 4. The van der Waals surface area contributed by atoms with Gasteiger partial charge in [-0.1, -0.05) is 30.3 Å². The maximum absolute atomic E-state index is 14.1. The van der Waals surface area contributed by atoms with Crippen molar-refractivity contribution in [2.24, 2.45) is 0 Å². The van der Waals surface area contributed by atoms with Crippen molar-refractivity contribution in [1.29, 1.82) is 0 Å². The summed E-state index contributed by atoms with van der Waals surface area (Å²) in [6, 6.07) is 15.9. The highest BCUT2D eigenvalue weighted by atomic mass is 16.5. The summed E-state index contributed by atoms with van der Waals surface area (Å²) < 4.78 is 14.3. The Kier molecular flexibility index (Phi) is 7.46. The maximum atomic E-state index is 14.1. The van der Waals surface area contributed by atoms with Gasteiger partial charge in [-0.05, 0) is 63.3 Å². The number of aromatic nitrogens is 2. The molecule has 3 heterocycles. The summed E-state index contributed by atoms with van der Waals surface area (Å²) in [5.41, 5.74) is 1.92. The van der Waals surface area contributed by atoms with Crippen LogP contribution in [0.1, 0.15) is 38.7 Å². The number of amides is 2. The first-order valence-electron chi connectivity index (χ1n) is 13.3. The molecule has 2 amide bonds. The van der Waals surface area contributed by atoms with E-state index in [0.29, 0.717) is 32.7 Å². The molecule has 1 saturated heterocycles. The van der Waals surface area contributed by atoms with Crippen LogP contribution in [0.4, 0.5) is 0 Å². The van der Waals surface area contributed by atoms with Crippen LogP contribution in [0.25, 0.3) is 11.0 Å². The van der Waals surface area contributed by atoms with E-state index < -0.39 is 5.60 Å². The fraction of sp³-hybridized carbons (Fsp3) is 0.483. The molecular formula is C29H36N4O4. The van der Waals surface area contributed by atoms with Crippen molar-refractivity contribution < 1.29 is 19.1 Å². The molecular weight excluding hydrogens is 468 g/mol. The summed E-state index contributed by atoms with van der Waals surface area (Å²) in [7, 11) is 0. The number of morpholine rings is 1. The fourth-order valence-corrected chi connectivity index (χ4v) is 5.45. The number of hydrogen-bond donors (Lipinski definition) is 0. The fourth-order valence-electron chi connectivity index (χ4n) is 5.45. The Labute approximate surface area is 218 Å². The number of carbonyl (C=O) groups excluding carboxylic acids is 2. The van der Waals surface area contributed by atoms with E-state index >= 15 is 0 Å². The summed E-state index contributed by atoms with van der Waals surface area (Å²) in [5.74, 6) is 0.815. The lowest BCUT2D eigenvalue weighted by atomic mass is 9.90. The van der Waals surface area contributed by atoms with Gasteiger partial charge in [-0.3, -0.25) is 9.59 Å². The number of hydrogen-bond acceptors (Lipinski definition) is 5. The van der Waals surface area contributed by atoms with Crippen LogP contribution < -0.4 is 4.74 Å². The second kappa shape index (κ2) is 10.9. The average molecular weight is 505 g/mol. The first kappa shape index (κ1) is 25.3. The van der Waals surface area contributed by atoms with Crippen LogP contribution in [0.2, 0.25) is 0 Å². The molecule has 3 aromatic rings. The van der Waals surface area contributed by atoms with Crippen molar-refractivity contribution >= 4 is 22.8 Å². The molecule has 2 aromatic carbocycles. The number of benzene rings is 2.